The third kappa shape index (κ3) is 3.49. The number of nitrogens with one attached hydrogen (secondary N) is 1. The summed E-state index contributed by atoms with van der Waals surface area (Å²) >= 11 is 0. The molecule has 2 aromatic heterocycles. The molecule has 0 saturated carbocycles. The number of fused-ring (bicyclic) bond motifs is 1. The predicted molar refractivity (Wildman–Crippen MR) is 111 cm³/mol. The van der Waals surface area contributed by atoms with Crippen molar-refractivity contribution in [2.24, 2.45) is 5.73 Å². The smallest absolute Gasteiger partial charge is 0.350 e. The Morgan fingerprint density at radius 1 is 1.21 bits per heavy atom. The number of H-pyrrole nitrogens is 1. The molecule has 28 heavy (non-hydrogen) atoms. The average Bonchev–Trinajstić information content (AvgIpc) is 3.32. The van der Waals surface area contributed by atoms with Gasteiger partial charge in [-0.15, -0.1) is 12.4 Å². The van der Waals surface area contributed by atoms with Crippen LogP contribution >= 0.6 is 12.4 Å². The zero-order valence-electron chi connectivity index (χ0n) is 14.9. The lowest BCUT2D eigenvalue weighted by Crippen LogP contribution is -2.25. The first kappa shape index (κ1) is 19.6. The fraction of sp³-hybridized carbons (Fsp3) is 0.100. The van der Waals surface area contributed by atoms with E-state index in [1.807, 2.05) is 54.7 Å². The monoisotopic (exact) mass is 399 g/mol. The molecule has 0 spiro atoms. The molecule has 4 aromatic rings. The molecular formula is C20H19ClFN5O. The maximum atomic E-state index is 12.8. The molecular weight excluding hydrogens is 381 g/mol. The summed E-state index contributed by atoms with van der Waals surface area (Å²) in [5.74, 6) is 0. The molecule has 0 aliphatic heterocycles. The second-order valence-corrected chi connectivity index (χ2v) is 6.21. The van der Waals surface area contributed by atoms with Gasteiger partial charge in [0.15, 0.2) is 0 Å². The summed E-state index contributed by atoms with van der Waals surface area (Å²) in [6, 6.07) is 15.7. The van der Waals surface area contributed by atoms with Crippen LogP contribution in [0.4, 0.5) is 4.39 Å². The summed E-state index contributed by atoms with van der Waals surface area (Å²) in [4.78, 5) is 15.8. The summed E-state index contributed by atoms with van der Waals surface area (Å²) in [6.07, 6.45) is 3.76. The molecule has 0 fully saturated rings. The van der Waals surface area contributed by atoms with Gasteiger partial charge in [0.2, 0.25) is 0 Å². The average molecular weight is 400 g/mol. The van der Waals surface area contributed by atoms with Crippen LogP contribution in [0.3, 0.4) is 0 Å². The van der Waals surface area contributed by atoms with Crippen molar-refractivity contribution in [3.63, 3.8) is 0 Å². The highest BCUT2D eigenvalue weighted by Crippen LogP contribution is 2.29. The molecule has 6 nitrogen and oxygen atoms in total. The molecule has 0 atom stereocenters. The Bertz CT molecular complexity index is 1190. The van der Waals surface area contributed by atoms with Crippen LogP contribution in [0.25, 0.3) is 27.7 Å². The summed E-state index contributed by atoms with van der Waals surface area (Å²) in [7, 11) is 0. The number of hydrogen-bond acceptors (Lipinski definition) is 3. The fourth-order valence-corrected chi connectivity index (χ4v) is 3.12. The van der Waals surface area contributed by atoms with Crippen molar-refractivity contribution < 1.29 is 4.39 Å². The normalized spacial score (nSPS) is 11.6. The Kier molecular flexibility index (Phi) is 5.77. The van der Waals surface area contributed by atoms with Crippen molar-refractivity contribution in [2.45, 2.75) is 6.54 Å². The Morgan fingerprint density at radius 3 is 2.82 bits per heavy atom. The minimum atomic E-state index is -0.347. The van der Waals surface area contributed by atoms with Crippen LogP contribution in [0, 0.1) is 0 Å². The van der Waals surface area contributed by atoms with Crippen LogP contribution in [0.2, 0.25) is 0 Å². The van der Waals surface area contributed by atoms with E-state index in [1.54, 1.807) is 0 Å². The topological polar surface area (TPSA) is 81.6 Å². The van der Waals surface area contributed by atoms with E-state index < -0.39 is 0 Å². The van der Waals surface area contributed by atoms with Crippen LogP contribution in [0.5, 0.6) is 0 Å². The molecule has 3 N–H and O–H groups in total. The first-order chi connectivity index (χ1) is 13.2. The van der Waals surface area contributed by atoms with E-state index in [2.05, 4.69) is 10.1 Å². The summed E-state index contributed by atoms with van der Waals surface area (Å²) in [5.41, 5.74) is 9.21. The van der Waals surface area contributed by atoms with Crippen molar-refractivity contribution in [2.75, 3.05) is 6.54 Å². The molecule has 0 amide bonds. The van der Waals surface area contributed by atoms with Gasteiger partial charge in [-0.1, -0.05) is 24.3 Å². The molecule has 0 bridgehead atoms. The number of benzene rings is 2. The van der Waals surface area contributed by atoms with Crippen molar-refractivity contribution in [3.05, 3.63) is 83.4 Å². The minimum Gasteiger partial charge on any atom is -0.361 e. The Hall–Kier alpha value is -3.16. The number of aromatic amines is 1. The number of nitrogens with zero attached hydrogens (tertiary/aromatic N) is 3. The van der Waals surface area contributed by atoms with Gasteiger partial charge < -0.3 is 10.7 Å². The van der Waals surface area contributed by atoms with E-state index in [1.165, 1.54) is 15.6 Å². The van der Waals surface area contributed by atoms with Gasteiger partial charge in [-0.3, -0.25) is 0 Å². The Morgan fingerprint density at radius 2 is 2.04 bits per heavy atom. The molecule has 0 unspecified atom stereocenters. The van der Waals surface area contributed by atoms with E-state index in [9.17, 15) is 9.18 Å². The third-order valence-electron chi connectivity index (χ3n) is 4.53. The summed E-state index contributed by atoms with van der Waals surface area (Å²) in [6.45, 7) is 0.0626. The SMILES string of the molecule is Cl.NC/C(=C\F)Cn1ncn(-c2cccc(-c3cccc4[nH]ccc34)c2)c1=O. The van der Waals surface area contributed by atoms with Gasteiger partial charge in [-0.2, -0.15) is 5.10 Å². The Labute approximate surface area is 166 Å². The van der Waals surface area contributed by atoms with Gasteiger partial charge in [0.05, 0.1) is 18.6 Å². The highest BCUT2D eigenvalue weighted by Gasteiger charge is 2.10. The molecule has 144 valence electrons. The van der Waals surface area contributed by atoms with Crippen LogP contribution in [-0.4, -0.2) is 25.9 Å². The molecule has 0 aliphatic rings. The number of aromatic nitrogens is 4. The molecule has 8 heteroatoms. The van der Waals surface area contributed by atoms with E-state index in [-0.39, 0.29) is 31.2 Å². The quantitative estimate of drug-likeness (QED) is 0.539. The van der Waals surface area contributed by atoms with Crippen molar-refractivity contribution in [1.82, 2.24) is 19.3 Å². The lowest BCUT2D eigenvalue weighted by Gasteiger charge is -2.07. The maximum absolute atomic E-state index is 12.8. The lowest BCUT2D eigenvalue weighted by molar-refractivity contribution is 0.612. The highest BCUT2D eigenvalue weighted by molar-refractivity contribution is 5.95. The number of hydrogen-bond donors (Lipinski definition) is 2. The number of nitrogens with two attached hydrogens (primary N) is 1. The second-order valence-electron chi connectivity index (χ2n) is 6.21. The fourth-order valence-electron chi connectivity index (χ4n) is 3.12. The van der Waals surface area contributed by atoms with Gasteiger partial charge >= 0.3 is 5.69 Å². The van der Waals surface area contributed by atoms with Gasteiger partial charge in [0.1, 0.15) is 6.33 Å². The molecule has 2 aromatic carbocycles. The van der Waals surface area contributed by atoms with Crippen LogP contribution in [-0.2, 0) is 6.54 Å². The van der Waals surface area contributed by atoms with E-state index in [0.717, 1.165) is 22.0 Å². The van der Waals surface area contributed by atoms with Crippen LogP contribution < -0.4 is 11.4 Å². The zero-order chi connectivity index (χ0) is 18.8. The van der Waals surface area contributed by atoms with Crippen LogP contribution in [0.1, 0.15) is 0 Å². The van der Waals surface area contributed by atoms with Gasteiger partial charge in [0.25, 0.3) is 0 Å². The van der Waals surface area contributed by atoms with Crippen molar-refractivity contribution in [1.29, 1.82) is 0 Å². The molecule has 0 aliphatic carbocycles. The predicted octanol–water partition coefficient (Wildman–Crippen LogP) is 3.42. The molecule has 2 heterocycles. The lowest BCUT2D eigenvalue weighted by atomic mass is 10.0. The minimum absolute atomic E-state index is 0. The molecule has 0 radical (unpaired) electrons. The standard InChI is InChI=1S/C20H18FN5O.ClH/c21-10-14(11-22)12-26-20(27)25(13-24-26)16-4-1-3-15(9-16)17-5-2-6-19-18(17)7-8-23-19;/h1-10,13,23H,11-12,22H2;1H/b14-10+;. The third-order valence-corrected chi connectivity index (χ3v) is 4.53. The number of rotatable bonds is 5. The maximum Gasteiger partial charge on any atom is 0.350 e. The first-order valence-electron chi connectivity index (χ1n) is 8.51. The van der Waals surface area contributed by atoms with Gasteiger partial charge in [-0.05, 0) is 41.0 Å². The Balaban J connectivity index is 0.00000225. The summed E-state index contributed by atoms with van der Waals surface area (Å²) < 4.78 is 15.4. The van der Waals surface area contributed by atoms with E-state index >= 15 is 0 Å². The van der Waals surface area contributed by atoms with E-state index in [4.69, 9.17) is 5.73 Å². The van der Waals surface area contributed by atoms with Gasteiger partial charge in [-0.25, -0.2) is 18.4 Å². The first-order valence-corrected chi connectivity index (χ1v) is 8.51. The van der Waals surface area contributed by atoms with Gasteiger partial charge in [0, 0.05) is 23.6 Å². The van der Waals surface area contributed by atoms with Crippen molar-refractivity contribution in [3.8, 4) is 16.8 Å². The summed E-state index contributed by atoms with van der Waals surface area (Å²) in [5, 5.41) is 5.18. The molecule has 4 rings (SSSR count). The van der Waals surface area contributed by atoms with E-state index in [0.29, 0.717) is 17.6 Å². The zero-order valence-corrected chi connectivity index (χ0v) is 15.7. The highest BCUT2D eigenvalue weighted by atomic mass is 35.5. The number of halogens is 2. The molecule has 0 saturated heterocycles. The second kappa shape index (κ2) is 8.24. The van der Waals surface area contributed by atoms with Crippen LogP contribution in [0.15, 0.2) is 77.8 Å². The largest absolute Gasteiger partial charge is 0.361 e. The van der Waals surface area contributed by atoms with Crippen molar-refractivity contribution >= 4 is 23.3 Å².